The highest BCUT2D eigenvalue weighted by atomic mass is 19.4. The van der Waals surface area contributed by atoms with Gasteiger partial charge in [0.25, 0.3) is 0 Å². The summed E-state index contributed by atoms with van der Waals surface area (Å²) < 4.78 is 36.3. The molecule has 3 fully saturated rings. The quantitative estimate of drug-likeness (QED) is 0.398. The van der Waals surface area contributed by atoms with Crippen LogP contribution in [-0.2, 0) is 4.79 Å². The molecule has 168 valence electrons. The van der Waals surface area contributed by atoms with Gasteiger partial charge in [0.05, 0.1) is 0 Å². The molecule has 4 nitrogen and oxygen atoms in total. The third-order valence-corrected chi connectivity index (χ3v) is 7.36. The number of piperidine rings is 3. The van der Waals surface area contributed by atoms with E-state index in [0.29, 0.717) is 18.7 Å². The Morgan fingerprint density at radius 2 is 2.07 bits per heavy atom. The van der Waals surface area contributed by atoms with Crippen LogP contribution >= 0.6 is 0 Å². The molecule has 0 unspecified atom stereocenters. The highest BCUT2D eigenvalue weighted by Gasteiger charge is 2.45. The molecule has 1 aliphatic carbocycles. The van der Waals surface area contributed by atoms with Gasteiger partial charge < -0.3 is 5.32 Å². The van der Waals surface area contributed by atoms with Crippen molar-refractivity contribution in [1.82, 2.24) is 15.1 Å². The van der Waals surface area contributed by atoms with Gasteiger partial charge in [-0.05, 0) is 76.4 Å². The van der Waals surface area contributed by atoms with E-state index < -0.39 is 12.1 Å². The van der Waals surface area contributed by atoms with Crippen LogP contribution in [0.5, 0.6) is 0 Å². The van der Waals surface area contributed by atoms with E-state index in [1.54, 1.807) is 5.57 Å². The van der Waals surface area contributed by atoms with Crippen molar-refractivity contribution < 1.29 is 18.0 Å². The number of nitrogens with one attached hydrogen (secondary N) is 1. The minimum atomic E-state index is -4.44. The molecule has 4 atom stereocenters. The lowest BCUT2D eigenvalue weighted by molar-refractivity contribution is -0.117. The van der Waals surface area contributed by atoms with Crippen molar-refractivity contribution in [1.29, 1.82) is 0 Å². The zero-order chi connectivity index (χ0) is 21.1. The molecule has 1 amide bonds. The maximum atomic E-state index is 12.1. The molecular formula is C23H34F3N3O. The second-order valence-corrected chi connectivity index (χ2v) is 9.42. The van der Waals surface area contributed by atoms with Crippen LogP contribution in [0.1, 0.15) is 51.4 Å². The summed E-state index contributed by atoms with van der Waals surface area (Å²) in [4.78, 5) is 16.9. The molecule has 4 aliphatic rings. The number of likely N-dealkylation sites (tertiary alicyclic amines) is 1. The number of alkyl halides is 3. The van der Waals surface area contributed by atoms with Crippen LogP contribution in [-0.4, -0.2) is 66.7 Å². The Bertz CT molecular complexity index is 675. The normalized spacial score (nSPS) is 32.4. The Morgan fingerprint density at radius 1 is 1.20 bits per heavy atom. The Kier molecular flexibility index (Phi) is 6.88. The van der Waals surface area contributed by atoms with Gasteiger partial charge in [-0.1, -0.05) is 18.1 Å². The van der Waals surface area contributed by atoms with E-state index in [9.17, 15) is 18.0 Å². The minimum Gasteiger partial charge on any atom is -0.353 e. The lowest BCUT2D eigenvalue weighted by Gasteiger charge is -2.55. The van der Waals surface area contributed by atoms with E-state index in [4.69, 9.17) is 0 Å². The van der Waals surface area contributed by atoms with Gasteiger partial charge in [0, 0.05) is 37.3 Å². The van der Waals surface area contributed by atoms with Gasteiger partial charge in [-0.2, -0.15) is 13.2 Å². The van der Waals surface area contributed by atoms with Crippen LogP contribution in [0.2, 0.25) is 0 Å². The Balaban J connectivity index is 1.26. The number of nitrogens with zero attached hydrogens (tertiary/aromatic N) is 2. The zero-order valence-electron chi connectivity index (χ0n) is 17.7. The highest BCUT2D eigenvalue weighted by Crippen LogP contribution is 2.44. The van der Waals surface area contributed by atoms with Crippen molar-refractivity contribution in [3.05, 3.63) is 23.8 Å². The summed E-state index contributed by atoms with van der Waals surface area (Å²) in [6.45, 7) is 5.05. The first kappa shape index (κ1) is 21.9. The number of unbranched alkanes of at least 4 members (excludes halogenated alkanes) is 1. The molecule has 2 bridgehead atoms. The summed E-state index contributed by atoms with van der Waals surface area (Å²) >= 11 is 0. The first-order valence-corrected chi connectivity index (χ1v) is 11.6. The fourth-order valence-electron chi connectivity index (χ4n) is 6.22. The number of carbonyl (C=O) groups excluding carboxylic acids is 1. The van der Waals surface area contributed by atoms with Gasteiger partial charge in [-0.15, -0.1) is 0 Å². The van der Waals surface area contributed by atoms with E-state index in [2.05, 4.69) is 21.2 Å². The molecule has 0 aromatic rings. The van der Waals surface area contributed by atoms with Gasteiger partial charge in [0.2, 0.25) is 5.91 Å². The Labute approximate surface area is 177 Å². The van der Waals surface area contributed by atoms with Gasteiger partial charge in [0.1, 0.15) is 0 Å². The van der Waals surface area contributed by atoms with Crippen LogP contribution in [0.3, 0.4) is 0 Å². The molecule has 0 saturated carbocycles. The first-order valence-electron chi connectivity index (χ1n) is 11.6. The fraction of sp³-hybridized carbons (Fsp3) is 0.783. The van der Waals surface area contributed by atoms with E-state index in [-0.39, 0.29) is 6.08 Å². The Morgan fingerprint density at radius 3 is 2.90 bits per heavy atom. The molecule has 4 rings (SSSR count). The summed E-state index contributed by atoms with van der Waals surface area (Å²) in [6, 6.07) is 1.34. The van der Waals surface area contributed by atoms with Gasteiger partial charge in [0.15, 0.2) is 0 Å². The fourth-order valence-corrected chi connectivity index (χ4v) is 6.22. The number of halogens is 3. The number of rotatable bonds is 6. The number of hydrogen-bond acceptors (Lipinski definition) is 3. The maximum absolute atomic E-state index is 12.1. The van der Waals surface area contributed by atoms with Crippen molar-refractivity contribution in [3.63, 3.8) is 0 Å². The van der Waals surface area contributed by atoms with Gasteiger partial charge in [-0.3, -0.25) is 14.6 Å². The first-order chi connectivity index (χ1) is 14.4. The smallest absolute Gasteiger partial charge is 0.353 e. The Hall–Kier alpha value is -1.34. The summed E-state index contributed by atoms with van der Waals surface area (Å²) in [7, 11) is 0. The third kappa shape index (κ3) is 5.28. The standard InChI is InChI=1S/C23H34F3N3O/c24-23(25,26)9-8-21(30)27-10-2-4-11-28-13-5-6-17-14-18-15-19(22(17)28)16-29-12-3-1-7-20(18)29/h8-9,14,18-20,22H,1-7,10-13,15-16H2,(H,27,30)/b9-8+/t18-,19+,20-,22-/m1/s1. The van der Waals surface area contributed by atoms with Crippen LogP contribution < -0.4 is 5.32 Å². The van der Waals surface area contributed by atoms with E-state index in [1.165, 1.54) is 51.6 Å². The highest BCUT2D eigenvalue weighted by molar-refractivity contribution is 5.87. The average Bonchev–Trinajstić information content (AvgIpc) is 2.71. The van der Waals surface area contributed by atoms with Crippen LogP contribution in [0, 0.1) is 11.8 Å². The topological polar surface area (TPSA) is 35.6 Å². The molecule has 7 heteroatoms. The predicted octanol–water partition coefficient (Wildman–Crippen LogP) is 3.90. The molecule has 0 radical (unpaired) electrons. The van der Waals surface area contributed by atoms with Gasteiger partial charge >= 0.3 is 6.18 Å². The molecule has 0 aromatic carbocycles. The van der Waals surface area contributed by atoms with Crippen LogP contribution in [0.4, 0.5) is 13.2 Å². The number of fused-ring (bicyclic) bond motifs is 6. The van der Waals surface area contributed by atoms with E-state index in [0.717, 1.165) is 43.8 Å². The summed E-state index contributed by atoms with van der Waals surface area (Å²) in [6.07, 6.45) is 8.34. The second kappa shape index (κ2) is 9.43. The van der Waals surface area contributed by atoms with Gasteiger partial charge in [-0.25, -0.2) is 0 Å². The third-order valence-electron chi connectivity index (χ3n) is 7.36. The maximum Gasteiger partial charge on any atom is 0.409 e. The molecular weight excluding hydrogens is 391 g/mol. The second-order valence-electron chi connectivity index (χ2n) is 9.42. The van der Waals surface area contributed by atoms with Crippen molar-refractivity contribution in [2.24, 2.45) is 11.8 Å². The lowest BCUT2D eigenvalue weighted by atomic mass is 9.68. The number of hydrogen-bond donors (Lipinski definition) is 1. The van der Waals surface area contributed by atoms with Crippen LogP contribution in [0.15, 0.2) is 23.8 Å². The lowest BCUT2D eigenvalue weighted by Crippen LogP contribution is -2.59. The number of amides is 1. The average molecular weight is 426 g/mol. The SMILES string of the molecule is O=C(/C=C/C(F)(F)F)NCCCCN1CCCC2=C[C@@H]3C[C@@H](CN4CCCC[C@H]34)[C@@H]21. The van der Waals surface area contributed by atoms with Crippen molar-refractivity contribution in [3.8, 4) is 0 Å². The molecule has 3 aliphatic heterocycles. The molecule has 1 N–H and O–H groups in total. The van der Waals surface area contributed by atoms with Crippen molar-refractivity contribution >= 4 is 5.91 Å². The number of allylic oxidation sites excluding steroid dienone is 1. The largest absolute Gasteiger partial charge is 0.409 e. The van der Waals surface area contributed by atoms with Crippen molar-refractivity contribution in [2.45, 2.75) is 69.6 Å². The summed E-state index contributed by atoms with van der Waals surface area (Å²) in [5.74, 6) is 0.805. The summed E-state index contributed by atoms with van der Waals surface area (Å²) in [5, 5.41) is 2.55. The van der Waals surface area contributed by atoms with Crippen LogP contribution in [0.25, 0.3) is 0 Å². The molecule has 0 spiro atoms. The van der Waals surface area contributed by atoms with E-state index in [1.807, 2.05) is 0 Å². The predicted molar refractivity (Wildman–Crippen MR) is 111 cm³/mol. The molecule has 3 saturated heterocycles. The van der Waals surface area contributed by atoms with E-state index >= 15 is 0 Å². The molecule has 30 heavy (non-hydrogen) atoms. The minimum absolute atomic E-state index is 0.0165. The molecule has 3 heterocycles. The van der Waals surface area contributed by atoms with Crippen molar-refractivity contribution in [2.75, 3.05) is 32.7 Å². The zero-order valence-corrected chi connectivity index (χ0v) is 17.7. The monoisotopic (exact) mass is 425 g/mol. The summed E-state index contributed by atoms with van der Waals surface area (Å²) in [5.41, 5.74) is 1.67. The number of carbonyl (C=O) groups is 1. The molecule has 0 aromatic heterocycles.